The van der Waals surface area contributed by atoms with Gasteiger partial charge in [-0.1, -0.05) is 5.16 Å². The lowest BCUT2D eigenvalue weighted by Gasteiger charge is -2.04. The van der Waals surface area contributed by atoms with E-state index in [9.17, 15) is 0 Å². The van der Waals surface area contributed by atoms with Crippen molar-refractivity contribution in [3.8, 4) is 0 Å². The lowest BCUT2D eigenvalue weighted by atomic mass is 10.1. The maximum Gasteiger partial charge on any atom is 0.228 e. The summed E-state index contributed by atoms with van der Waals surface area (Å²) in [6, 6.07) is 0.521. The number of rotatable bonds is 5. The summed E-state index contributed by atoms with van der Waals surface area (Å²) in [6.07, 6.45) is 5.05. The normalized spacial score (nSPS) is 21.0. The molecule has 0 amide bonds. The third-order valence-electron chi connectivity index (χ3n) is 2.70. The predicted octanol–water partition coefficient (Wildman–Crippen LogP) is 0.255. The molecular formula is C10H18N4O. The highest BCUT2D eigenvalue weighted by Gasteiger charge is 2.17. The van der Waals surface area contributed by atoms with Crippen LogP contribution in [0.3, 0.4) is 0 Å². The van der Waals surface area contributed by atoms with E-state index in [0.717, 1.165) is 37.5 Å². The molecule has 1 aromatic heterocycles. The Bertz CT molecular complexity index is 293. The summed E-state index contributed by atoms with van der Waals surface area (Å²) in [5.74, 6) is 1.54. The molecule has 84 valence electrons. The van der Waals surface area contributed by atoms with Crippen molar-refractivity contribution in [2.75, 3.05) is 13.1 Å². The van der Waals surface area contributed by atoms with Crippen molar-refractivity contribution in [3.63, 3.8) is 0 Å². The summed E-state index contributed by atoms with van der Waals surface area (Å²) in [5.41, 5.74) is 5.42. The maximum atomic E-state index is 5.42. The Morgan fingerprint density at radius 1 is 1.53 bits per heavy atom. The molecule has 5 heteroatoms. The van der Waals surface area contributed by atoms with Gasteiger partial charge in [-0.05, 0) is 32.4 Å². The Morgan fingerprint density at radius 2 is 2.47 bits per heavy atom. The van der Waals surface area contributed by atoms with Gasteiger partial charge in [-0.25, -0.2) is 0 Å². The van der Waals surface area contributed by atoms with Crippen LogP contribution in [-0.4, -0.2) is 29.3 Å². The molecule has 0 aliphatic carbocycles. The van der Waals surface area contributed by atoms with Gasteiger partial charge in [0.15, 0.2) is 5.82 Å². The highest BCUT2D eigenvalue weighted by atomic mass is 16.5. The number of nitrogens with one attached hydrogen (secondary N) is 1. The Kier molecular flexibility index (Phi) is 3.69. The van der Waals surface area contributed by atoms with Crippen LogP contribution >= 0.6 is 0 Å². The van der Waals surface area contributed by atoms with Gasteiger partial charge in [0.05, 0.1) is 0 Å². The Balaban J connectivity index is 1.83. The first kappa shape index (κ1) is 10.6. The highest BCUT2D eigenvalue weighted by molar-refractivity contribution is 4.91. The van der Waals surface area contributed by atoms with Crippen LogP contribution in [0.2, 0.25) is 0 Å². The topological polar surface area (TPSA) is 77.0 Å². The zero-order chi connectivity index (χ0) is 10.5. The van der Waals surface area contributed by atoms with Crippen molar-refractivity contribution < 1.29 is 4.52 Å². The molecule has 15 heavy (non-hydrogen) atoms. The summed E-state index contributed by atoms with van der Waals surface area (Å²) in [5, 5.41) is 7.34. The summed E-state index contributed by atoms with van der Waals surface area (Å²) < 4.78 is 5.18. The van der Waals surface area contributed by atoms with Crippen LogP contribution in [0.4, 0.5) is 0 Å². The molecule has 0 aromatic carbocycles. The third-order valence-corrected chi connectivity index (χ3v) is 2.70. The molecule has 1 unspecified atom stereocenters. The van der Waals surface area contributed by atoms with Crippen LogP contribution in [0.1, 0.15) is 31.0 Å². The smallest absolute Gasteiger partial charge is 0.228 e. The largest absolute Gasteiger partial charge is 0.339 e. The molecule has 1 fully saturated rings. The Morgan fingerprint density at radius 3 is 3.20 bits per heavy atom. The van der Waals surface area contributed by atoms with Gasteiger partial charge in [0.25, 0.3) is 0 Å². The molecule has 2 rings (SSSR count). The minimum absolute atomic E-state index is 0.521. The average molecular weight is 210 g/mol. The van der Waals surface area contributed by atoms with Crippen molar-refractivity contribution in [2.45, 2.75) is 38.1 Å². The number of hydrogen-bond donors (Lipinski definition) is 2. The predicted molar refractivity (Wildman–Crippen MR) is 56.4 cm³/mol. The first-order chi connectivity index (χ1) is 7.38. The number of nitrogens with zero attached hydrogens (tertiary/aromatic N) is 2. The van der Waals surface area contributed by atoms with Gasteiger partial charge in [0, 0.05) is 18.9 Å². The summed E-state index contributed by atoms with van der Waals surface area (Å²) in [4.78, 5) is 4.34. The minimum atomic E-state index is 0.521. The monoisotopic (exact) mass is 210 g/mol. The van der Waals surface area contributed by atoms with Crippen molar-refractivity contribution in [3.05, 3.63) is 11.7 Å². The van der Waals surface area contributed by atoms with E-state index in [0.29, 0.717) is 12.6 Å². The fourth-order valence-corrected chi connectivity index (χ4v) is 1.88. The Labute approximate surface area is 89.4 Å². The molecule has 0 bridgehead atoms. The van der Waals surface area contributed by atoms with Gasteiger partial charge in [-0.15, -0.1) is 0 Å². The molecular weight excluding hydrogens is 192 g/mol. The van der Waals surface area contributed by atoms with Gasteiger partial charge in [-0.2, -0.15) is 4.98 Å². The fourth-order valence-electron chi connectivity index (χ4n) is 1.88. The summed E-state index contributed by atoms with van der Waals surface area (Å²) in [6.45, 7) is 1.78. The zero-order valence-electron chi connectivity index (χ0n) is 8.91. The highest BCUT2D eigenvalue weighted by Crippen LogP contribution is 2.11. The summed E-state index contributed by atoms with van der Waals surface area (Å²) in [7, 11) is 0. The van der Waals surface area contributed by atoms with E-state index in [2.05, 4.69) is 15.5 Å². The van der Waals surface area contributed by atoms with Crippen LogP contribution < -0.4 is 11.1 Å². The van der Waals surface area contributed by atoms with E-state index < -0.39 is 0 Å². The van der Waals surface area contributed by atoms with Gasteiger partial charge in [-0.3, -0.25) is 0 Å². The molecule has 0 spiro atoms. The molecule has 0 radical (unpaired) electrons. The van der Waals surface area contributed by atoms with E-state index in [4.69, 9.17) is 10.3 Å². The maximum absolute atomic E-state index is 5.42. The molecule has 1 saturated heterocycles. The van der Waals surface area contributed by atoms with Crippen molar-refractivity contribution in [2.24, 2.45) is 5.73 Å². The molecule has 1 aliphatic rings. The van der Waals surface area contributed by atoms with Crippen molar-refractivity contribution in [1.29, 1.82) is 0 Å². The van der Waals surface area contributed by atoms with Crippen molar-refractivity contribution in [1.82, 2.24) is 15.5 Å². The van der Waals surface area contributed by atoms with Crippen LogP contribution in [0.15, 0.2) is 4.52 Å². The zero-order valence-corrected chi connectivity index (χ0v) is 8.91. The lowest BCUT2D eigenvalue weighted by molar-refractivity contribution is 0.359. The number of hydrogen-bond acceptors (Lipinski definition) is 5. The van der Waals surface area contributed by atoms with E-state index in [1.54, 1.807) is 0 Å². The fraction of sp³-hybridized carbons (Fsp3) is 0.800. The summed E-state index contributed by atoms with van der Waals surface area (Å²) >= 11 is 0. The van der Waals surface area contributed by atoms with Gasteiger partial charge in [0.2, 0.25) is 5.89 Å². The Hall–Kier alpha value is -0.940. The molecule has 5 nitrogen and oxygen atoms in total. The van der Waals surface area contributed by atoms with Gasteiger partial charge < -0.3 is 15.6 Å². The number of aryl methyl sites for hydroxylation is 1. The third kappa shape index (κ3) is 3.00. The van der Waals surface area contributed by atoms with E-state index in [1.165, 1.54) is 12.8 Å². The number of aromatic nitrogens is 2. The van der Waals surface area contributed by atoms with Gasteiger partial charge >= 0.3 is 0 Å². The lowest BCUT2D eigenvalue weighted by Crippen LogP contribution is -2.23. The van der Waals surface area contributed by atoms with Crippen molar-refractivity contribution >= 4 is 0 Å². The second-order valence-corrected chi connectivity index (χ2v) is 3.99. The minimum Gasteiger partial charge on any atom is -0.339 e. The quantitative estimate of drug-likeness (QED) is 0.728. The number of nitrogens with two attached hydrogens (primary N) is 1. The van der Waals surface area contributed by atoms with Crippen LogP contribution in [0.25, 0.3) is 0 Å². The standard InChI is InChI=1S/C10H18N4O/c11-5-1-4-9-13-10(15-14-9)7-8-3-2-6-12-8/h8,12H,1-7,11H2. The molecule has 2 heterocycles. The molecule has 1 aliphatic heterocycles. The average Bonchev–Trinajstić information content (AvgIpc) is 2.87. The molecule has 1 atom stereocenters. The van der Waals surface area contributed by atoms with Crippen LogP contribution in [0, 0.1) is 0 Å². The molecule has 0 saturated carbocycles. The first-order valence-electron chi connectivity index (χ1n) is 5.63. The second kappa shape index (κ2) is 5.23. The second-order valence-electron chi connectivity index (χ2n) is 3.99. The van der Waals surface area contributed by atoms with Gasteiger partial charge in [0.1, 0.15) is 0 Å². The SMILES string of the molecule is NCCCc1noc(CC2CCCN2)n1. The molecule has 1 aromatic rings. The van der Waals surface area contributed by atoms with E-state index in [-0.39, 0.29) is 0 Å². The van der Waals surface area contributed by atoms with E-state index in [1.807, 2.05) is 0 Å². The molecule has 3 N–H and O–H groups in total. The van der Waals surface area contributed by atoms with E-state index >= 15 is 0 Å². The van der Waals surface area contributed by atoms with Crippen LogP contribution in [-0.2, 0) is 12.8 Å². The first-order valence-corrected chi connectivity index (χ1v) is 5.63. The van der Waals surface area contributed by atoms with Crippen LogP contribution in [0.5, 0.6) is 0 Å².